The van der Waals surface area contributed by atoms with Crippen LogP contribution in [0.2, 0.25) is 0 Å². The van der Waals surface area contributed by atoms with E-state index in [1.165, 1.54) is 7.11 Å². The maximum atomic E-state index is 11.5. The highest BCUT2D eigenvalue weighted by molar-refractivity contribution is 5.91. The van der Waals surface area contributed by atoms with E-state index in [-0.39, 0.29) is 18.4 Å². The Morgan fingerprint density at radius 3 is 2.81 bits per heavy atom. The van der Waals surface area contributed by atoms with Crippen molar-refractivity contribution >= 4 is 18.4 Å². The van der Waals surface area contributed by atoms with Gasteiger partial charge in [-0.3, -0.25) is 0 Å². The van der Waals surface area contributed by atoms with Gasteiger partial charge in [0, 0.05) is 6.54 Å². The molecule has 0 spiro atoms. The van der Waals surface area contributed by atoms with Crippen molar-refractivity contribution in [2.24, 2.45) is 0 Å². The summed E-state index contributed by atoms with van der Waals surface area (Å²) in [6.45, 7) is 1.98. The van der Waals surface area contributed by atoms with Crippen LogP contribution in [0, 0.1) is 0 Å². The summed E-state index contributed by atoms with van der Waals surface area (Å²) < 4.78 is 4.78. The maximum Gasteiger partial charge on any atom is 0.338 e. The topological polar surface area (TPSA) is 38.3 Å². The highest BCUT2D eigenvalue weighted by Gasteiger charge is 2.21. The van der Waals surface area contributed by atoms with Gasteiger partial charge in [0.25, 0.3) is 0 Å². The Balaban J connectivity index is 0.00000128. The second-order valence-corrected chi connectivity index (χ2v) is 3.77. The fourth-order valence-electron chi connectivity index (χ4n) is 2.07. The Hall–Kier alpha value is -1.06. The second kappa shape index (κ2) is 5.87. The van der Waals surface area contributed by atoms with Gasteiger partial charge in [-0.2, -0.15) is 0 Å². The van der Waals surface area contributed by atoms with Crippen LogP contribution in [0.4, 0.5) is 0 Å². The van der Waals surface area contributed by atoms with Gasteiger partial charge in [0.1, 0.15) is 0 Å². The molecule has 4 heteroatoms. The zero-order valence-corrected chi connectivity index (χ0v) is 10.0. The van der Waals surface area contributed by atoms with Gasteiger partial charge in [0.2, 0.25) is 0 Å². The lowest BCUT2D eigenvalue weighted by Gasteiger charge is -2.12. The van der Waals surface area contributed by atoms with Gasteiger partial charge in [0.05, 0.1) is 12.7 Å². The van der Waals surface area contributed by atoms with Crippen LogP contribution in [-0.4, -0.2) is 26.2 Å². The number of esters is 1. The molecule has 3 nitrogen and oxygen atoms in total. The molecule has 1 aliphatic heterocycles. The van der Waals surface area contributed by atoms with E-state index in [2.05, 4.69) is 5.32 Å². The number of halogens is 1. The van der Waals surface area contributed by atoms with Crippen molar-refractivity contribution < 1.29 is 9.53 Å². The van der Waals surface area contributed by atoms with Gasteiger partial charge in [-0.05, 0) is 30.5 Å². The number of hydrogen-bond donors (Lipinski definition) is 1. The van der Waals surface area contributed by atoms with Crippen LogP contribution in [0.5, 0.6) is 0 Å². The zero-order valence-electron chi connectivity index (χ0n) is 9.23. The molecule has 0 bridgehead atoms. The molecule has 88 valence electrons. The van der Waals surface area contributed by atoms with Crippen molar-refractivity contribution in [1.29, 1.82) is 0 Å². The molecule has 1 N–H and O–H groups in total. The molecule has 1 aromatic rings. The molecular formula is C12H16ClNO2. The van der Waals surface area contributed by atoms with E-state index in [9.17, 15) is 4.79 Å². The van der Waals surface area contributed by atoms with Crippen molar-refractivity contribution in [3.05, 3.63) is 35.4 Å². The molecule has 1 atom stereocenters. The predicted octanol–water partition coefficient (Wildman–Crippen LogP) is 1.97. The van der Waals surface area contributed by atoms with Crippen molar-refractivity contribution in [1.82, 2.24) is 5.32 Å². The summed E-state index contributed by atoms with van der Waals surface area (Å²) >= 11 is 0. The smallest absolute Gasteiger partial charge is 0.338 e. The summed E-state index contributed by atoms with van der Waals surface area (Å²) in [5.41, 5.74) is 1.81. The lowest BCUT2D eigenvalue weighted by molar-refractivity contribution is 0.0599. The Morgan fingerprint density at radius 2 is 2.19 bits per heavy atom. The number of rotatable bonds is 2. The van der Waals surface area contributed by atoms with Crippen LogP contribution in [-0.2, 0) is 4.74 Å². The van der Waals surface area contributed by atoms with Gasteiger partial charge in [0.15, 0.2) is 0 Å². The summed E-state index contributed by atoms with van der Waals surface area (Å²) in [5, 5.41) is 3.30. The minimum atomic E-state index is -0.238. The lowest BCUT2D eigenvalue weighted by atomic mass is 9.93. The van der Waals surface area contributed by atoms with Crippen LogP contribution in [0.15, 0.2) is 24.3 Å². The molecule has 1 unspecified atom stereocenters. The first kappa shape index (κ1) is 13.0. The second-order valence-electron chi connectivity index (χ2n) is 3.77. The highest BCUT2D eigenvalue weighted by Crippen LogP contribution is 2.25. The number of nitrogens with one attached hydrogen (secondary N) is 1. The van der Waals surface area contributed by atoms with Crippen molar-refractivity contribution in [3.63, 3.8) is 0 Å². The quantitative estimate of drug-likeness (QED) is 0.805. The number of carbonyl (C=O) groups excluding carboxylic acids is 1. The molecule has 1 aromatic carbocycles. The number of benzene rings is 1. The number of methoxy groups -OCH3 is 1. The Kier molecular flexibility index (Phi) is 4.77. The van der Waals surface area contributed by atoms with E-state index in [0.717, 1.165) is 25.1 Å². The maximum absolute atomic E-state index is 11.5. The standard InChI is InChI=1S/C12H15NO2.ClH/c1-15-12(14)11-5-3-2-4-10(11)9-6-7-13-8-9;/h2-5,9,13H,6-8H2,1H3;1H. The van der Waals surface area contributed by atoms with Crippen LogP contribution >= 0.6 is 12.4 Å². The lowest BCUT2D eigenvalue weighted by Crippen LogP contribution is -2.12. The van der Waals surface area contributed by atoms with E-state index >= 15 is 0 Å². The van der Waals surface area contributed by atoms with Crippen LogP contribution < -0.4 is 5.32 Å². The molecule has 0 saturated carbocycles. The molecule has 0 aliphatic carbocycles. The molecule has 1 heterocycles. The average molecular weight is 242 g/mol. The van der Waals surface area contributed by atoms with Crippen LogP contribution in [0.1, 0.15) is 28.3 Å². The monoisotopic (exact) mass is 241 g/mol. The van der Waals surface area contributed by atoms with Gasteiger partial charge >= 0.3 is 5.97 Å². The Bertz CT molecular complexity index is 362. The normalized spacial score (nSPS) is 18.9. The van der Waals surface area contributed by atoms with Gasteiger partial charge < -0.3 is 10.1 Å². The van der Waals surface area contributed by atoms with E-state index in [4.69, 9.17) is 4.74 Å². The van der Waals surface area contributed by atoms with Crippen LogP contribution in [0.3, 0.4) is 0 Å². The molecule has 1 saturated heterocycles. The number of ether oxygens (including phenoxy) is 1. The fraction of sp³-hybridized carbons (Fsp3) is 0.417. The van der Waals surface area contributed by atoms with Crippen LogP contribution in [0.25, 0.3) is 0 Å². The summed E-state index contributed by atoms with van der Waals surface area (Å²) in [7, 11) is 1.42. The molecule has 1 fully saturated rings. The summed E-state index contributed by atoms with van der Waals surface area (Å²) in [5.74, 6) is 0.206. The highest BCUT2D eigenvalue weighted by atomic mass is 35.5. The molecule has 0 aromatic heterocycles. The van der Waals surface area contributed by atoms with Crippen molar-refractivity contribution in [3.8, 4) is 0 Å². The third-order valence-electron chi connectivity index (χ3n) is 2.87. The third-order valence-corrected chi connectivity index (χ3v) is 2.87. The van der Waals surface area contributed by atoms with Gasteiger partial charge in [-0.25, -0.2) is 4.79 Å². The minimum Gasteiger partial charge on any atom is -0.465 e. The molecule has 0 amide bonds. The van der Waals surface area contributed by atoms with E-state index in [1.807, 2.05) is 24.3 Å². The molecule has 1 aliphatic rings. The largest absolute Gasteiger partial charge is 0.465 e. The fourth-order valence-corrected chi connectivity index (χ4v) is 2.07. The number of hydrogen-bond acceptors (Lipinski definition) is 3. The first-order chi connectivity index (χ1) is 7.33. The third kappa shape index (κ3) is 2.54. The van der Waals surface area contributed by atoms with E-state index in [0.29, 0.717) is 11.5 Å². The minimum absolute atomic E-state index is 0. The predicted molar refractivity (Wildman–Crippen MR) is 65.3 cm³/mol. The Labute approximate surface area is 102 Å². The van der Waals surface area contributed by atoms with Gasteiger partial charge in [-0.15, -0.1) is 12.4 Å². The first-order valence-corrected chi connectivity index (χ1v) is 5.21. The van der Waals surface area contributed by atoms with E-state index in [1.54, 1.807) is 0 Å². The molecule has 16 heavy (non-hydrogen) atoms. The van der Waals surface area contributed by atoms with Crippen molar-refractivity contribution in [2.75, 3.05) is 20.2 Å². The zero-order chi connectivity index (χ0) is 10.7. The molecular weight excluding hydrogens is 226 g/mol. The van der Waals surface area contributed by atoms with Gasteiger partial charge in [-0.1, -0.05) is 18.2 Å². The first-order valence-electron chi connectivity index (χ1n) is 5.21. The van der Waals surface area contributed by atoms with E-state index < -0.39 is 0 Å². The summed E-state index contributed by atoms with van der Waals surface area (Å²) in [6, 6.07) is 7.70. The molecule has 2 rings (SSSR count). The van der Waals surface area contributed by atoms with Crippen molar-refractivity contribution in [2.45, 2.75) is 12.3 Å². The molecule has 0 radical (unpaired) electrons. The SMILES string of the molecule is COC(=O)c1ccccc1C1CCNC1.Cl. The Morgan fingerprint density at radius 1 is 1.44 bits per heavy atom. The average Bonchev–Trinajstić information content (AvgIpc) is 2.81. The number of carbonyl (C=O) groups is 1. The summed E-state index contributed by atoms with van der Waals surface area (Å²) in [6.07, 6.45) is 1.09. The summed E-state index contributed by atoms with van der Waals surface area (Å²) in [4.78, 5) is 11.5.